The average molecular weight is 445 g/mol. The van der Waals surface area contributed by atoms with E-state index < -0.39 is 0 Å². The molecule has 1 aliphatic carbocycles. The summed E-state index contributed by atoms with van der Waals surface area (Å²) in [7, 11) is 0. The minimum atomic E-state index is -0.168. The van der Waals surface area contributed by atoms with Crippen molar-refractivity contribution < 1.29 is 4.79 Å². The normalized spacial score (nSPS) is 20.8. The quantitative estimate of drug-likeness (QED) is 0.478. The van der Waals surface area contributed by atoms with Crippen LogP contribution in [0, 0.1) is 0 Å². The summed E-state index contributed by atoms with van der Waals surface area (Å²) in [5, 5.41) is 7.21. The Bertz CT molecular complexity index is 1090. The molecule has 0 radical (unpaired) electrons. The largest absolute Gasteiger partial charge is 0.372 e. The van der Waals surface area contributed by atoms with E-state index in [4.69, 9.17) is 0 Å². The van der Waals surface area contributed by atoms with Crippen LogP contribution in [0.25, 0.3) is 0 Å². The third-order valence-corrected chi connectivity index (χ3v) is 6.31. The molecule has 0 spiro atoms. The van der Waals surface area contributed by atoms with Gasteiger partial charge in [0.25, 0.3) is 0 Å². The summed E-state index contributed by atoms with van der Waals surface area (Å²) in [5.41, 5.74) is 6.22. The van der Waals surface area contributed by atoms with Gasteiger partial charge < -0.3 is 10.6 Å². The Morgan fingerprint density at radius 1 is 0.759 bits per heavy atom. The Balaban J connectivity index is 1.61. The number of benzene rings is 3. The van der Waals surface area contributed by atoms with Crippen LogP contribution in [-0.2, 0) is 4.79 Å². The molecule has 3 aromatic rings. The lowest BCUT2D eigenvalue weighted by Gasteiger charge is -2.30. The number of Topliss-reactive ketones (excluding diaryl/α,β-unsaturated/α-hetero) is 1. The molecule has 2 atom stereocenters. The standard InChI is InChI=1S/C25H21BrN2O/c26-19-12-10-17(11-13-19)25-24-22(27-20-8-4-5-9-21(20)28-25)14-18(15-23(24)29)16-6-2-1-3-7-16/h1-13,18,25,27-28H,14-15H2. The van der Waals surface area contributed by atoms with Crippen molar-refractivity contribution in [3.63, 3.8) is 0 Å². The van der Waals surface area contributed by atoms with E-state index in [1.165, 1.54) is 5.56 Å². The molecule has 2 N–H and O–H groups in total. The predicted molar refractivity (Wildman–Crippen MR) is 121 cm³/mol. The SMILES string of the molecule is O=C1CC(c2ccccc2)CC2=C1C(c1ccc(Br)cc1)Nc1ccccc1N2. The predicted octanol–water partition coefficient (Wildman–Crippen LogP) is 6.43. The van der Waals surface area contributed by atoms with Crippen LogP contribution in [0.15, 0.2) is 94.6 Å². The minimum absolute atomic E-state index is 0.168. The summed E-state index contributed by atoms with van der Waals surface area (Å²) in [6.45, 7) is 0. The molecular formula is C25H21BrN2O. The van der Waals surface area contributed by atoms with Crippen LogP contribution in [0.4, 0.5) is 11.4 Å². The van der Waals surface area contributed by atoms with Crippen LogP contribution in [0.1, 0.15) is 35.9 Å². The molecule has 0 aromatic heterocycles. The molecular weight excluding hydrogens is 424 g/mol. The first-order chi connectivity index (χ1) is 14.2. The summed E-state index contributed by atoms with van der Waals surface area (Å²) in [6.07, 6.45) is 1.36. The van der Waals surface area contributed by atoms with Gasteiger partial charge in [-0.05, 0) is 47.7 Å². The van der Waals surface area contributed by atoms with Gasteiger partial charge in [-0.15, -0.1) is 0 Å². The fourth-order valence-electron chi connectivity index (χ4n) is 4.36. The highest BCUT2D eigenvalue weighted by molar-refractivity contribution is 9.10. The number of rotatable bonds is 2. The van der Waals surface area contributed by atoms with Gasteiger partial charge in [-0.1, -0.05) is 70.5 Å². The Hall–Kier alpha value is -2.85. The molecule has 2 unspecified atom stereocenters. The van der Waals surface area contributed by atoms with Crippen molar-refractivity contribution in [1.82, 2.24) is 0 Å². The lowest BCUT2D eigenvalue weighted by atomic mass is 9.78. The van der Waals surface area contributed by atoms with Crippen molar-refractivity contribution in [1.29, 1.82) is 0 Å². The summed E-state index contributed by atoms with van der Waals surface area (Å²) in [6, 6.07) is 26.6. The fourth-order valence-corrected chi connectivity index (χ4v) is 4.62. The zero-order valence-electron chi connectivity index (χ0n) is 15.9. The molecule has 0 bridgehead atoms. The Morgan fingerprint density at radius 3 is 2.21 bits per heavy atom. The summed E-state index contributed by atoms with van der Waals surface area (Å²) in [5.74, 6) is 0.409. The average Bonchev–Trinajstić information content (AvgIpc) is 2.92. The van der Waals surface area contributed by atoms with E-state index >= 15 is 0 Å². The minimum Gasteiger partial charge on any atom is -0.372 e. The number of hydrogen-bond donors (Lipinski definition) is 2. The molecule has 0 amide bonds. The Morgan fingerprint density at radius 2 is 1.45 bits per heavy atom. The third kappa shape index (κ3) is 3.49. The molecule has 3 aromatic carbocycles. The van der Waals surface area contributed by atoms with E-state index in [1.54, 1.807) is 0 Å². The number of fused-ring (bicyclic) bond motifs is 1. The number of para-hydroxylation sites is 2. The van der Waals surface area contributed by atoms with Gasteiger partial charge in [0.2, 0.25) is 0 Å². The van der Waals surface area contributed by atoms with Crippen molar-refractivity contribution in [2.75, 3.05) is 10.6 Å². The van der Waals surface area contributed by atoms with E-state index in [1.807, 2.05) is 42.5 Å². The van der Waals surface area contributed by atoms with Crippen LogP contribution in [0.5, 0.6) is 0 Å². The van der Waals surface area contributed by atoms with Crippen LogP contribution in [0.3, 0.4) is 0 Å². The third-order valence-electron chi connectivity index (χ3n) is 5.78. The molecule has 1 aliphatic heterocycles. The lowest BCUT2D eigenvalue weighted by Crippen LogP contribution is -2.26. The monoisotopic (exact) mass is 444 g/mol. The summed E-state index contributed by atoms with van der Waals surface area (Å²) >= 11 is 3.51. The molecule has 5 rings (SSSR count). The van der Waals surface area contributed by atoms with Crippen LogP contribution in [0.2, 0.25) is 0 Å². The highest BCUT2D eigenvalue weighted by atomic mass is 79.9. The number of ketones is 1. The second-order valence-corrected chi connectivity index (χ2v) is 8.55. The molecule has 1 heterocycles. The van der Waals surface area contributed by atoms with Gasteiger partial charge in [0, 0.05) is 22.2 Å². The number of allylic oxidation sites excluding steroid dienone is 1. The maximum Gasteiger partial charge on any atom is 0.163 e. The first kappa shape index (κ1) is 18.2. The van der Waals surface area contributed by atoms with Gasteiger partial charge in [0.05, 0.1) is 17.4 Å². The highest BCUT2D eigenvalue weighted by Gasteiger charge is 2.35. The van der Waals surface area contributed by atoms with Gasteiger partial charge in [-0.3, -0.25) is 4.79 Å². The van der Waals surface area contributed by atoms with Crippen LogP contribution < -0.4 is 10.6 Å². The molecule has 0 saturated heterocycles. The Kier molecular flexibility index (Phi) is 4.72. The Labute approximate surface area is 179 Å². The van der Waals surface area contributed by atoms with Gasteiger partial charge in [-0.25, -0.2) is 0 Å². The first-order valence-electron chi connectivity index (χ1n) is 9.88. The van der Waals surface area contributed by atoms with Crippen molar-refractivity contribution in [3.8, 4) is 0 Å². The van der Waals surface area contributed by atoms with Crippen LogP contribution in [-0.4, -0.2) is 5.78 Å². The number of halogens is 1. The van der Waals surface area contributed by atoms with Crippen molar-refractivity contribution in [2.45, 2.75) is 24.8 Å². The van der Waals surface area contributed by atoms with Crippen LogP contribution >= 0.6 is 15.9 Å². The number of carbonyl (C=O) groups excluding carboxylic acids is 1. The maximum absolute atomic E-state index is 13.4. The van der Waals surface area contributed by atoms with Crippen molar-refractivity contribution >= 4 is 33.1 Å². The van der Waals surface area contributed by atoms with Crippen molar-refractivity contribution in [2.24, 2.45) is 0 Å². The first-order valence-corrected chi connectivity index (χ1v) is 10.7. The lowest BCUT2D eigenvalue weighted by molar-refractivity contribution is -0.116. The zero-order valence-corrected chi connectivity index (χ0v) is 17.4. The number of anilines is 2. The molecule has 3 nitrogen and oxygen atoms in total. The molecule has 0 saturated carbocycles. The molecule has 29 heavy (non-hydrogen) atoms. The number of nitrogens with one attached hydrogen (secondary N) is 2. The van der Waals surface area contributed by atoms with Gasteiger partial charge >= 0.3 is 0 Å². The number of hydrogen-bond acceptors (Lipinski definition) is 3. The number of carbonyl (C=O) groups is 1. The smallest absolute Gasteiger partial charge is 0.163 e. The van der Waals surface area contributed by atoms with E-state index in [-0.39, 0.29) is 17.7 Å². The van der Waals surface area contributed by atoms with Gasteiger partial charge in [-0.2, -0.15) is 0 Å². The van der Waals surface area contributed by atoms with E-state index in [9.17, 15) is 4.79 Å². The van der Waals surface area contributed by atoms with Gasteiger partial charge in [0.15, 0.2) is 5.78 Å². The highest BCUT2D eigenvalue weighted by Crippen LogP contribution is 2.44. The van der Waals surface area contributed by atoms with E-state index in [0.29, 0.717) is 6.42 Å². The molecule has 4 heteroatoms. The molecule has 0 fully saturated rings. The maximum atomic E-state index is 13.4. The molecule has 144 valence electrons. The zero-order chi connectivity index (χ0) is 19.8. The topological polar surface area (TPSA) is 41.1 Å². The summed E-state index contributed by atoms with van der Waals surface area (Å²) < 4.78 is 1.03. The second kappa shape index (κ2) is 7.53. The molecule has 2 aliphatic rings. The van der Waals surface area contributed by atoms with Crippen molar-refractivity contribution in [3.05, 3.63) is 106 Å². The van der Waals surface area contributed by atoms with E-state index in [0.717, 1.165) is 39.1 Å². The second-order valence-electron chi connectivity index (χ2n) is 7.63. The summed E-state index contributed by atoms with van der Waals surface area (Å²) in [4.78, 5) is 13.4. The fraction of sp³-hybridized carbons (Fsp3) is 0.160. The van der Waals surface area contributed by atoms with Gasteiger partial charge in [0.1, 0.15) is 0 Å². The van der Waals surface area contributed by atoms with E-state index in [2.05, 4.69) is 63.0 Å².